The van der Waals surface area contributed by atoms with Crippen LogP contribution >= 0.6 is 24.8 Å². The van der Waals surface area contributed by atoms with Crippen molar-refractivity contribution < 1.29 is 17.4 Å². The zero-order valence-corrected chi connectivity index (χ0v) is 25.9. The first-order chi connectivity index (χ1) is 15.8. The maximum absolute atomic E-state index is 3.45. The Hall–Kier alpha value is -1.70. The predicted molar refractivity (Wildman–Crippen MR) is 158 cm³/mol. The Kier molecular flexibility index (Phi) is 5.82. The van der Waals surface area contributed by atoms with Crippen LogP contribution in [0, 0.1) is 0 Å². The van der Waals surface area contributed by atoms with E-state index >= 15 is 0 Å². The van der Waals surface area contributed by atoms with E-state index in [1.54, 1.807) is 20.0 Å². The van der Waals surface area contributed by atoms with E-state index in [2.05, 4.69) is 108 Å². The van der Waals surface area contributed by atoms with Crippen molar-refractivity contribution >= 4 is 57.9 Å². The number of benzene rings is 4. The summed E-state index contributed by atoms with van der Waals surface area (Å²) in [4.78, 5) is 0. The molecular formula is C31H30Cl2SiZr. The normalized spacial score (nSPS) is 16.8. The third-order valence-electron chi connectivity index (χ3n) is 8.47. The van der Waals surface area contributed by atoms with Crippen LogP contribution in [0.4, 0.5) is 0 Å². The van der Waals surface area contributed by atoms with Gasteiger partial charge in [-0.2, -0.15) is 0 Å². The van der Waals surface area contributed by atoms with Gasteiger partial charge in [-0.05, 0) is 0 Å². The number of fused-ring (bicyclic) bond motifs is 6. The molecule has 0 saturated carbocycles. The van der Waals surface area contributed by atoms with Crippen molar-refractivity contribution in [3.8, 4) is 22.3 Å². The Balaban J connectivity index is 0.00000127. The average molecular weight is 593 g/mol. The van der Waals surface area contributed by atoms with Crippen LogP contribution < -0.4 is 3.27 Å². The van der Waals surface area contributed by atoms with E-state index in [9.17, 15) is 0 Å². The monoisotopic (exact) mass is 590 g/mol. The quantitative estimate of drug-likeness (QED) is 0.182. The minimum Gasteiger partial charge on any atom is -0.147 e. The Bertz CT molecular complexity index is 1680. The van der Waals surface area contributed by atoms with Crippen LogP contribution in [0.3, 0.4) is 0 Å². The van der Waals surface area contributed by atoms with Crippen molar-refractivity contribution in [2.75, 3.05) is 0 Å². The molecule has 4 heteroatoms. The molecule has 0 spiro atoms. The first-order valence-corrected chi connectivity index (χ1v) is 25.5. The maximum Gasteiger partial charge on any atom is -0.147 e. The Morgan fingerprint density at radius 1 is 0.857 bits per heavy atom. The molecule has 0 aromatic heterocycles. The van der Waals surface area contributed by atoms with Gasteiger partial charge in [-0.1, -0.05) is 0 Å². The van der Waals surface area contributed by atoms with E-state index in [0.29, 0.717) is 3.63 Å². The molecule has 1 atom stereocenters. The molecule has 0 N–H and O–H groups in total. The van der Waals surface area contributed by atoms with Crippen molar-refractivity contribution in [1.29, 1.82) is 0 Å². The molecule has 0 heterocycles. The third kappa shape index (κ3) is 3.33. The molecule has 0 bridgehead atoms. The minimum absolute atomic E-state index is 0. The van der Waals surface area contributed by atoms with Crippen LogP contribution in [0.2, 0.25) is 9.26 Å². The Labute approximate surface area is 222 Å². The van der Waals surface area contributed by atoms with E-state index in [-0.39, 0.29) is 24.8 Å². The largest absolute Gasteiger partial charge is 0.147 e. The standard InChI is InChI=1S/C20H13.C9H7.2CH3.2ClH.H2Si.Zr/c1-12-10-14-8-9-16-15-6-2-4-13-5-3-7-17(19(13)15)20(16)18(14)11-12;1-2-5-9-7-3-6-8(9)4-1;;;;;;/h2-7,9-10H,11H2,1H3;1-7H;2*1H3;2*1H;1H2;. The summed E-state index contributed by atoms with van der Waals surface area (Å²) < 4.78 is 7.61. The van der Waals surface area contributed by atoms with E-state index in [1.165, 1.54) is 44.2 Å². The second kappa shape index (κ2) is 8.15. The van der Waals surface area contributed by atoms with E-state index in [4.69, 9.17) is 0 Å². The minimum atomic E-state index is -3.45. The summed E-state index contributed by atoms with van der Waals surface area (Å²) in [6.07, 6.45) is 8.51. The molecule has 0 saturated heterocycles. The summed E-state index contributed by atoms with van der Waals surface area (Å²) in [5.41, 5.74) is 13.4. The molecule has 0 aliphatic heterocycles. The zero-order chi connectivity index (χ0) is 22.6. The summed E-state index contributed by atoms with van der Waals surface area (Å²) in [5.74, 6) is 0. The average Bonchev–Trinajstić information content (AvgIpc) is 3.48. The number of hydrogen-bond donors (Lipinski definition) is 0. The fourth-order valence-electron chi connectivity index (χ4n) is 6.88. The fourth-order valence-corrected chi connectivity index (χ4v) is 20.6. The van der Waals surface area contributed by atoms with Crippen molar-refractivity contribution in [3.63, 3.8) is 0 Å². The first kappa shape index (κ1) is 25.0. The molecule has 0 fully saturated rings. The predicted octanol–water partition coefficient (Wildman–Crippen LogP) is 8.02. The molecule has 0 amide bonds. The van der Waals surface area contributed by atoms with Gasteiger partial charge in [0.2, 0.25) is 0 Å². The fraction of sp³-hybridized carbons (Fsp3) is 0.161. The molecule has 35 heavy (non-hydrogen) atoms. The van der Waals surface area contributed by atoms with E-state index in [1.807, 2.05) is 0 Å². The third-order valence-corrected chi connectivity index (χ3v) is 24.8. The zero-order valence-electron chi connectivity index (χ0n) is 20.4. The van der Waals surface area contributed by atoms with Gasteiger partial charge in [0, 0.05) is 0 Å². The Morgan fingerprint density at radius 2 is 1.57 bits per heavy atom. The van der Waals surface area contributed by atoms with Gasteiger partial charge >= 0.3 is 200 Å². The molecular weight excluding hydrogens is 563 g/mol. The van der Waals surface area contributed by atoms with E-state index < -0.39 is 17.4 Å². The number of rotatable bonds is 2. The van der Waals surface area contributed by atoms with Gasteiger partial charge in [0.15, 0.2) is 0 Å². The molecule has 3 aliphatic carbocycles. The smallest absolute Gasteiger partial charge is 0.147 e. The van der Waals surface area contributed by atoms with Crippen LogP contribution in [-0.4, -0.2) is 6.88 Å². The van der Waals surface area contributed by atoms with Gasteiger partial charge in [-0.3, -0.25) is 0 Å². The molecule has 1 unspecified atom stereocenters. The van der Waals surface area contributed by atoms with Gasteiger partial charge in [0.25, 0.3) is 0 Å². The topological polar surface area (TPSA) is 0 Å². The molecule has 176 valence electrons. The Morgan fingerprint density at radius 3 is 2.34 bits per heavy atom. The molecule has 7 rings (SSSR count). The first-order valence-electron chi connectivity index (χ1n) is 12.1. The number of allylic oxidation sites excluding steroid dienone is 2. The maximum atomic E-state index is 2.68. The summed E-state index contributed by atoms with van der Waals surface area (Å²) in [5, 5.41) is 2.81. The molecule has 4 aromatic carbocycles. The molecule has 0 radical (unpaired) electrons. The van der Waals surface area contributed by atoms with Crippen molar-refractivity contribution in [2.45, 2.75) is 26.2 Å². The summed E-state index contributed by atoms with van der Waals surface area (Å²) in [6.45, 7) is 4.71. The van der Waals surface area contributed by atoms with Gasteiger partial charge < -0.3 is 0 Å². The van der Waals surface area contributed by atoms with E-state index in [0.717, 1.165) is 6.42 Å². The van der Waals surface area contributed by atoms with Gasteiger partial charge in [-0.15, -0.1) is 24.8 Å². The number of halogens is 2. The van der Waals surface area contributed by atoms with Crippen LogP contribution in [0.5, 0.6) is 0 Å². The van der Waals surface area contributed by atoms with Gasteiger partial charge in [0.05, 0.1) is 0 Å². The number of hydrogen-bond acceptors (Lipinski definition) is 0. The van der Waals surface area contributed by atoms with Crippen molar-refractivity contribution in [3.05, 3.63) is 101 Å². The summed E-state index contributed by atoms with van der Waals surface area (Å²) >= 11 is -3.45. The van der Waals surface area contributed by atoms with Crippen LogP contribution in [0.15, 0.2) is 78.4 Å². The SMILES string of the molecule is CC1=Cc2[c]([Zr]([CH3])([CH3])(=[SiH2])[CH]3C=Cc4ccccc43)cc3c(c2C1)-c1cccc2cccc-3c12.Cl.Cl. The summed E-state index contributed by atoms with van der Waals surface area (Å²) in [6, 6.07) is 25.4. The molecule has 3 aliphatic rings. The summed E-state index contributed by atoms with van der Waals surface area (Å²) in [7, 11) is 0. The van der Waals surface area contributed by atoms with Crippen LogP contribution in [0.1, 0.15) is 32.8 Å². The van der Waals surface area contributed by atoms with Crippen molar-refractivity contribution in [2.24, 2.45) is 0 Å². The second-order valence-electron chi connectivity index (χ2n) is 11.4. The van der Waals surface area contributed by atoms with Gasteiger partial charge in [0.1, 0.15) is 0 Å². The molecule has 0 nitrogen and oxygen atoms in total. The second-order valence-corrected chi connectivity index (χ2v) is 40.9. The van der Waals surface area contributed by atoms with Crippen molar-refractivity contribution in [1.82, 2.24) is 0 Å². The van der Waals surface area contributed by atoms with Crippen LogP contribution in [-0.2, 0) is 23.8 Å². The van der Waals surface area contributed by atoms with Crippen LogP contribution in [0.25, 0.3) is 45.2 Å². The van der Waals surface area contributed by atoms with Gasteiger partial charge in [-0.25, -0.2) is 0 Å². The molecule has 4 aromatic rings.